The van der Waals surface area contributed by atoms with Crippen LogP contribution in [0.2, 0.25) is 0 Å². The predicted molar refractivity (Wildman–Crippen MR) is 80.4 cm³/mol. The van der Waals surface area contributed by atoms with Crippen LogP contribution in [-0.2, 0) is 11.3 Å². The van der Waals surface area contributed by atoms with Crippen LogP contribution in [-0.4, -0.2) is 30.8 Å². The molecule has 0 aromatic heterocycles. The van der Waals surface area contributed by atoms with E-state index in [4.69, 9.17) is 14.6 Å². The van der Waals surface area contributed by atoms with Crippen LogP contribution in [0.25, 0.3) is 0 Å². The zero-order chi connectivity index (χ0) is 15.1. The van der Waals surface area contributed by atoms with Crippen molar-refractivity contribution in [2.24, 2.45) is 0 Å². The van der Waals surface area contributed by atoms with Crippen LogP contribution in [0.4, 0.5) is 0 Å². The topological polar surface area (TPSA) is 67.8 Å². The summed E-state index contributed by atoms with van der Waals surface area (Å²) < 4.78 is 11.8. The molecule has 1 rings (SSSR count). The number of rotatable bonds is 8. The van der Waals surface area contributed by atoms with Crippen molar-refractivity contribution in [3.8, 4) is 11.5 Å². The monoisotopic (exact) mass is 345 g/mol. The molecule has 0 radical (unpaired) electrons. The second-order valence-corrected chi connectivity index (χ2v) is 5.25. The molecule has 0 heterocycles. The average molecular weight is 346 g/mol. The molecule has 1 atom stereocenters. The van der Waals surface area contributed by atoms with Crippen LogP contribution in [0.3, 0.4) is 0 Å². The zero-order valence-corrected chi connectivity index (χ0v) is 13.5. The first-order chi connectivity index (χ1) is 9.49. The number of nitrogens with one attached hydrogen (secondary N) is 1. The van der Waals surface area contributed by atoms with Crippen LogP contribution in [0, 0.1) is 0 Å². The molecule has 1 unspecified atom stereocenters. The first-order valence-corrected chi connectivity index (χ1v) is 7.24. The molecular weight excluding hydrogens is 326 g/mol. The summed E-state index contributed by atoms with van der Waals surface area (Å²) in [6, 6.07) is 3.14. The smallest absolute Gasteiger partial charge is 0.320 e. The van der Waals surface area contributed by atoms with Crippen molar-refractivity contribution in [1.29, 1.82) is 0 Å². The van der Waals surface area contributed by atoms with Gasteiger partial charge in [-0.3, -0.25) is 4.79 Å². The SMILES string of the molecule is CCCOc1c(Br)cc(CNC(C)C(=O)O)cc1OC. The average Bonchev–Trinajstić information content (AvgIpc) is 2.42. The Balaban J connectivity index is 2.84. The van der Waals surface area contributed by atoms with Gasteiger partial charge in [-0.1, -0.05) is 6.92 Å². The second-order valence-electron chi connectivity index (χ2n) is 4.40. The van der Waals surface area contributed by atoms with Crippen molar-refractivity contribution in [2.45, 2.75) is 32.9 Å². The molecule has 6 heteroatoms. The van der Waals surface area contributed by atoms with Gasteiger partial charge in [0.2, 0.25) is 0 Å². The van der Waals surface area contributed by atoms with Crippen LogP contribution < -0.4 is 14.8 Å². The Kier molecular flexibility index (Phi) is 6.81. The maximum Gasteiger partial charge on any atom is 0.320 e. The molecule has 1 aromatic rings. The van der Waals surface area contributed by atoms with E-state index in [0.29, 0.717) is 24.7 Å². The zero-order valence-electron chi connectivity index (χ0n) is 11.9. The van der Waals surface area contributed by atoms with Gasteiger partial charge in [-0.2, -0.15) is 0 Å². The van der Waals surface area contributed by atoms with Gasteiger partial charge >= 0.3 is 5.97 Å². The van der Waals surface area contributed by atoms with Gasteiger partial charge in [-0.25, -0.2) is 0 Å². The van der Waals surface area contributed by atoms with Crippen molar-refractivity contribution in [3.63, 3.8) is 0 Å². The van der Waals surface area contributed by atoms with Gasteiger partial charge in [-0.05, 0) is 47.0 Å². The highest BCUT2D eigenvalue weighted by atomic mass is 79.9. The fourth-order valence-corrected chi connectivity index (χ4v) is 2.18. The number of halogens is 1. The molecule has 0 bridgehead atoms. The third-order valence-corrected chi connectivity index (χ3v) is 3.31. The van der Waals surface area contributed by atoms with Crippen molar-refractivity contribution < 1.29 is 19.4 Å². The summed E-state index contributed by atoms with van der Waals surface area (Å²) in [6.45, 7) is 4.69. The normalized spacial score (nSPS) is 12.0. The summed E-state index contributed by atoms with van der Waals surface area (Å²) in [6.07, 6.45) is 0.912. The maximum absolute atomic E-state index is 10.8. The highest BCUT2D eigenvalue weighted by Crippen LogP contribution is 2.36. The minimum Gasteiger partial charge on any atom is -0.493 e. The number of benzene rings is 1. The number of carboxylic acid groups (broad SMARTS) is 1. The highest BCUT2D eigenvalue weighted by molar-refractivity contribution is 9.10. The minimum atomic E-state index is -0.876. The van der Waals surface area contributed by atoms with E-state index in [1.807, 2.05) is 19.1 Å². The molecule has 2 N–H and O–H groups in total. The molecule has 5 nitrogen and oxygen atoms in total. The second kappa shape index (κ2) is 8.11. The molecule has 0 spiro atoms. The fourth-order valence-electron chi connectivity index (χ4n) is 1.58. The van der Waals surface area contributed by atoms with Gasteiger partial charge in [-0.15, -0.1) is 0 Å². The first-order valence-electron chi connectivity index (χ1n) is 6.45. The van der Waals surface area contributed by atoms with Crippen molar-refractivity contribution in [2.75, 3.05) is 13.7 Å². The van der Waals surface area contributed by atoms with Gasteiger partial charge in [0.25, 0.3) is 0 Å². The lowest BCUT2D eigenvalue weighted by Gasteiger charge is -2.15. The standard InChI is InChI=1S/C14H20BrNO4/c1-4-5-20-13-11(15)6-10(7-12(13)19-3)8-16-9(2)14(17)18/h6-7,9,16H,4-5,8H2,1-3H3,(H,17,18). The number of carboxylic acids is 1. The van der Waals surface area contributed by atoms with Crippen LogP contribution in [0.5, 0.6) is 11.5 Å². The molecule has 0 aliphatic rings. The first kappa shape index (κ1) is 16.8. The molecule has 0 amide bonds. The van der Waals surface area contributed by atoms with E-state index < -0.39 is 12.0 Å². The number of aliphatic carboxylic acids is 1. The molecule has 112 valence electrons. The molecule has 20 heavy (non-hydrogen) atoms. The van der Waals surface area contributed by atoms with Gasteiger partial charge in [0.15, 0.2) is 11.5 Å². The predicted octanol–water partition coefficient (Wildman–Crippen LogP) is 2.81. The van der Waals surface area contributed by atoms with E-state index in [9.17, 15) is 4.79 Å². The summed E-state index contributed by atoms with van der Waals surface area (Å²) >= 11 is 3.46. The number of hydrogen-bond acceptors (Lipinski definition) is 4. The van der Waals surface area contributed by atoms with Gasteiger partial charge < -0.3 is 19.9 Å². The molecule has 0 fully saturated rings. The van der Waals surface area contributed by atoms with E-state index in [-0.39, 0.29) is 0 Å². The Morgan fingerprint density at radius 3 is 2.75 bits per heavy atom. The molecular formula is C14H20BrNO4. The lowest BCUT2D eigenvalue weighted by Crippen LogP contribution is -2.33. The number of carbonyl (C=O) groups is 1. The van der Waals surface area contributed by atoms with E-state index in [2.05, 4.69) is 21.2 Å². The summed E-state index contributed by atoms with van der Waals surface area (Å²) in [7, 11) is 1.58. The molecule has 0 saturated carbocycles. The molecule has 0 saturated heterocycles. The highest BCUT2D eigenvalue weighted by Gasteiger charge is 2.13. The number of ether oxygens (including phenoxy) is 2. The Morgan fingerprint density at radius 2 is 2.20 bits per heavy atom. The largest absolute Gasteiger partial charge is 0.493 e. The van der Waals surface area contributed by atoms with E-state index >= 15 is 0 Å². The summed E-state index contributed by atoms with van der Waals surface area (Å²) in [4.78, 5) is 10.8. The summed E-state index contributed by atoms with van der Waals surface area (Å²) in [5.41, 5.74) is 0.922. The van der Waals surface area contributed by atoms with Gasteiger partial charge in [0.05, 0.1) is 18.2 Å². The maximum atomic E-state index is 10.8. The van der Waals surface area contributed by atoms with Gasteiger partial charge in [0, 0.05) is 6.54 Å². The molecule has 1 aromatic carbocycles. The quantitative estimate of drug-likeness (QED) is 0.758. The van der Waals surface area contributed by atoms with Gasteiger partial charge in [0.1, 0.15) is 6.04 Å². The summed E-state index contributed by atoms with van der Waals surface area (Å²) in [5, 5.41) is 11.8. The summed E-state index contributed by atoms with van der Waals surface area (Å²) in [5.74, 6) is 0.427. The number of hydrogen-bond donors (Lipinski definition) is 2. The third-order valence-electron chi connectivity index (χ3n) is 2.72. The Hall–Kier alpha value is -1.27. The lowest BCUT2D eigenvalue weighted by atomic mass is 10.2. The van der Waals surface area contributed by atoms with Crippen molar-refractivity contribution in [3.05, 3.63) is 22.2 Å². The number of methoxy groups -OCH3 is 1. The molecule has 0 aliphatic heterocycles. The Morgan fingerprint density at radius 1 is 1.50 bits per heavy atom. The van der Waals surface area contributed by atoms with Crippen molar-refractivity contribution in [1.82, 2.24) is 5.32 Å². The van der Waals surface area contributed by atoms with Crippen LogP contribution >= 0.6 is 15.9 Å². The van der Waals surface area contributed by atoms with E-state index in [1.54, 1.807) is 14.0 Å². The third kappa shape index (κ3) is 4.68. The minimum absolute atomic E-state index is 0.441. The van der Waals surface area contributed by atoms with Crippen LogP contribution in [0.1, 0.15) is 25.8 Å². The van der Waals surface area contributed by atoms with E-state index in [1.165, 1.54) is 0 Å². The lowest BCUT2D eigenvalue weighted by molar-refractivity contribution is -0.139. The Bertz CT molecular complexity index is 465. The van der Waals surface area contributed by atoms with Crippen LogP contribution in [0.15, 0.2) is 16.6 Å². The Labute approximate surface area is 127 Å². The fraction of sp³-hybridized carbons (Fsp3) is 0.500. The molecule has 0 aliphatic carbocycles. The van der Waals surface area contributed by atoms with E-state index in [0.717, 1.165) is 16.5 Å². The van der Waals surface area contributed by atoms with Crippen molar-refractivity contribution >= 4 is 21.9 Å².